The van der Waals surface area contributed by atoms with Crippen molar-refractivity contribution in [3.8, 4) is 34.3 Å². The third kappa shape index (κ3) is 5.46. The minimum Gasteiger partial charge on any atom is -0.508 e. The monoisotopic (exact) mass is 467 g/mol. The van der Waals surface area contributed by atoms with Crippen LogP contribution in [0.2, 0.25) is 0 Å². The Hall–Kier alpha value is -3.52. The number of phenols is 1. The highest BCUT2D eigenvalue weighted by Crippen LogP contribution is 2.41. The summed E-state index contributed by atoms with van der Waals surface area (Å²) in [6, 6.07) is 10.8. The molecule has 7 nitrogen and oxygen atoms in total. The molecule has 0 saturated carbocycles. The molecule has 3 rings (SSSR count). The lowest BCUT2D eigenvalue weighted by Gasteiger charge is -2.14. The molecule has 1 aromatic heterocycles. The van der Waals surface area contributed by atoms with Crippen molar-refractivity contribution in [1.29, 1.82) is 0 Å². The first-order valence-corrected chi connectivity index (χ1v) is 11.3. The van der Waals surface area contributed by atoms with Crippen LogP contribution in [0.15, 0.2) is 64.0 Å². The number of ether oxygens (including phenoxy) is 3. The molecule has 1 N–H and O–H groups in total. The lowest BCUT2D eigenvalue weighted by Crippen LogP contribution is -2.15. The lowest BCUT2D eigenvalue weighted by atomic mass is 10.1. The van der Waals surface area contributed by atoms with E-state index in [4.69, 9.17) is 24.3 Å². The van der Waals surface area contributed by atoms with E-state index in [0.717, 1.165) is 32.9 Å². The van der Waals surface area contributed by atoms with Gasteiger partial charge in [-0.3, -0.25) is 4.99 Å². The number of hydrogen-bond acceptors (Lipinski definition) is 7. The van der Waals surface area contributed by atoms with Crippen molar-refractivity contribution in [2.75, 3.05) is 27.9 Å². The number of thiazole rings is 1. The highest BCUT2D eigenvalue weighted by atomic mass is 32.1. The molecule has 0 radical (unpaired) electrons. The van der Waals surface area contributed by atoms with Crippen LogP contribution in [0.4, 0.5) is 0 Å². The van der Waals surface area contributed by atoms with Crippen molar-refractivity contribution in [2.24, 2.45) is 10.1 Å². The summed E-state index contributed by atoms with van der Waals surface area (Å²) in [5, 5.41) is 16.6. The van der Waals surface area contributed by atoms with E-state index in [0.29, 0.717) is 30.2 Å². The summed E-state index contributed by atoms with van der Waals surface area (Å²) < 4.78 is 18.4. The standard InChI is InChI=1S/C25H29N3O4S/c1-7-20(17-8-10-19(29)11-9-17)27-28-21(15-33-25(28)26-14-16(2)3)18-12-22(30-4)24(32-6)23(13-18)31-5/h8-13,15,29H,2,7,14H2,1,3-6H3. The van der Waals surface area contributed by atoms with Crippen molar-refractivity contribution < 1.29 is 19.3 Å². The van der Waals surface area contributed by atoms with Gasteiger partial charge in [-0.1, -0.05) is 19.1 Å². The van der Waals surface area contributed by atoms with Crippen LogP contribution in [0.1, 0.15) is 25.8 Å². The molecule has 1 heterocycles. The highest BCUT2D eigenvalue weighted by Gasteiger charge is 2.17. The molecular weight excluding hydrogens is 438 g/mol. The number of nitrogens with zero attached hydrogens (tertiary/aromatic N) is 3. The first-order valence-electron chi connectivity index (χ1n) is 10.4. The number of benzene rings is 2. The normalized spacial score (nSPS) is 12.0. The summed E-state index contributed by atoms with van der Waals surface area (Å²) in [6.07, 6.45) is 0.697. The molecule has 0 saturated heterocycles. The molecule has 0 aliphatic heterocycles. The summed E-state index contributed by atoms with van der Waals surface area (Å²) in [5.41, 5.74) is 4.43. The average molecular weight is 468 g/mol. The fourth-order valence-corrected chi connectivity index (χ4v) is 4.07. The fraction of sp³-hybridized carbons (Fsp3) is 0.280. The molecule has 2 aromatic carbocycles. The molecular formula is C25H29N3O4S. The van der Waals surface area contributed by atoms with E-state index in [1.807, 2.05) is 48.2 Å². The van der Waals surface area contributed by atoms with Gasteiger partial charge >= 0.3 is 0 Å². The zero-order chi connectivity index (χ0) is 24.0. The summed E-state index contributed by atoms with van der Waals surface area (Å²) in [7, 11) is 4.76. The maximum Gasteiger partial charge on any atom is 0.206 e. The summed E-state index contributed by atoms with van der Waals surface area (Å²) in [6.45, 7) is 8.45. The van der Waals surface area contributed by atoms with Gasteiger partial charge in [-0.15, -0.1) is 11.3 Å². The van der Waals surface area contributed by atoms with Gasteiger partial charge in [-0.25, -0.2) is 4.68 Å². The van der Waals surface area contributed by atoms with E-state index in [1.165, 1.54) is 11.3 Å². The highest BCUT2D eigenvalue weighted by molar-refractivity contribution is 7.07. The van der Waals surface area contributed by atoms with Crippen LogP contribution in [-0.2, 0) is 0 Å². The molecule has 8 heteroatoms. The lowest BCUT2D eigenvalue weighted by molar-refractivity contribution is 0.324. The van der Waals surface area contributed by atoms with E-state index in [-0.39, 0.29) is 5.75 Å². The quantitative estimate of drug-likeness (QED) is 0.351. The Bertz CT molecular complexity index is 1200. The number of aromatic hydroxyl groups is 1. The third-order valence-corrected chi connectivity index (χ3v) is 5.74. The summed E-state index contributed by atoms with van der Waals surface area (Å²) in [5.74, 6) is 1.86. The second-order valence-corrected chi connectivity index (χ2v) is 8.19. The predicted molar refractivity (Wildman–Crippen MR) is 133 cm³/mol. The van der Waals surface area contributed by atoms with E-state index >= 15 is 0 Å². The Morgan fingerprint density at radius 1 is 1.06 bits per heavy atom. The Labute approximate surface area is 197 Å². The Morgan fingerprint density at radius 3 is 2.21 bits per heavy atom. The maximum atomic E-state index is 9.67. The fourth-order valence-electron chi connectivity index (χ4n) is 3.24. The SMILES string of the molecule is C=C(C)CN=c1scc(-c2cc(OC)c(OC)c(OC)c2)n1N=C(CC)c1ccc(O)cc1. The molecule has 33 heavy (non-hydrogen) atoms. The minimum absolute atomic E-state index is 0.215. The molecule has 0 unspecified atom stereocenters. The molecule has 0 atom stereocenters. The number of phenolic OH excluding ortho intramolecular Hbond substituents is 1. The maximum absolute atomic E-state index is 9.67. The zero-order valence-corrected chi connectivity index (χ0v) is 20.4. The van der Waals surface area contributed by atoms with Crippen LogP contribution in [-0.4, -0.2) is 43.4 Å². The second kappa shape index (κ2) is 10.9. The van der Waals surface area contributed by atoms with Gasteiger partial charge in [0.25, 0.3) is 0 Å². The van der Waals surface area contributed by atoms with Crippen LogP contribution in [0.25, 0.3) is 11.3 Å². The van der Waals surface area contributed by atoms with E-state index in [1.54, 1.807) is 33.5 Å². The van der Waals surface area contributed by atoms with Gasteiger partial charge in [0.15, 0.2) is 11.5 Å². The molecule has 0 spiro atoms. The van der Waals surface area contributed by atoms with Crippen molar-refractivity contribution in [3.05, 3.63) is 64.3 Å². The van der Waals surface area contributed by atoms with Crippen LogP contribution < -0.4 is 19.0 Å². The van der Waals surface area contributed by atoms with Crippen molar-refractivity contribution in [1.82, 2.24) is 4.68 Å². The van der Waals surface area contributed by atoms with Crippen LogP contribution in [0, 0.1) is 0 Å². The van der Waals surface area contributed by atoms with E-state index in [9.17, 15) is 5.11 Å². The average Bonchev–Trinajstić information content (AvgIpc) is 3.23. The first-order chi connectivity index (χ1) is 15.9. The minimum atomic E-state index is 0.215. The third-order valence-electron chi connectivity index (χ3n) is 4.89. The molecule has 0 amide bonds. The van der Waals surface area contributed by atoms with E-state index < -0.39 is 0 Å². The van der Waals surface area contributed by atoms with Gasteiger partial charge in [0.2, 0.25) is 10.6 Å². The molecule has 0 aliphatic carbocycles. The smallest absolute Gasteiger partial charge is 0.206 e. The van der Waals surface area contributed by atoms with Crippen LogP contribution in [0.5, 0.6) is 23.0 Å². The molecule has 3 aromatic rings. The molecule has 174 valence electrons. The number of aromatic nitrogens is 1. The van der Waals surface area contributed by atoms with Gasteiger partial charge in [0, 0.05) is 10.9 Å². The Kier molecular flexibility index (Phi) is 7.95. The zero-order valence-electron chi connectivity index (χ0n) is 19.6. The Balaban J connectivity index is 2.25. The molecule has 0 fully saturated rings. The van der Waals surface area contributed by atoms with Gasteiger partial charge in [-0.2, -0.15) is 5.10 Å². The molecule has 0 aliphatic rings. The second-order valence-electron chi connectivity index (χ2n) is 7.35. The predicted octanol–water partition coefficient (Wildman–Crippen LogP) is 5.09. The topological polar surface area (TPSA) is 77.6 Å². The van der Waals surface area contributed by atoms with Crippen molar-refractivity contribution in [3.63, 3.8) is 0 Å². The Morgan fingerprint density at radius 2 is 1.70 bits per heavy atom. The molecule has 0 bridgehead atoms. The van der Waals surface area contributed by atoms with Gasteiger partial charge in [-0.05, 0) is 55.3 Å². The summed E-state index contributed by atoms with van der Waals surface area (Å²) >= 11 is 1.50. The van der Waals surface area contributed by atoms with Gasteiger partial charge in [0.1, 0.15) is 5.75 Å². The first kappa shape index (κ1) is 24.1. The number of rotatable bonds is 9. The van der Waals surface area contributed by atoms with Crippen molar-refractivity contribution >= 4 is 17.0 Å². The van der Waals surface area contributed by atoms with Crippen LogP contribution in [0.3, 0.4) is 0 Å². The number of methoxy groups -OCH3 is 3. The van der Waals surface area contributed by atoms with Crippen LogP contribution >= 0.6 is 11.3 Å². The summed E-state index contributed by atoms with van der Waals surface area (Å²) in [4.78, 5) is 5.46. The van der Waals surface area contributed by atoms with Gasteiger partial charge < -0.3 is 19.3 Å². The van der Waals surface area contributed by atoms with Crippen molar-refractivity contribution in [2.45, 2.75) is 20.3 Å². The van der Waals surface area contributed by atoms with E-state index in [2.05, 4.69) is 6.58 Å². The van der Waals surface area contributed by atoms with Gasteiger partial charge in [0.05, 0.1) is 39.3 Å². The number of hydrogen-bond donors (Lipinski definition) is 1. The largest absolute Gasteiger partial charge is 0.508 e.